The topological polar surface area (TPSA) is 12.0 Å². The highest BCUT2D eigenvalue weighted by Crippen LogP contribution is 2.14. The lowest BCUT2D eigenvalue weighted by molar-refractivity contribution is 0.612. The van der Waals surface area contributed by atoms with Crippen LogP contribution in [0.1, 0.15) is 12.5 Å². The summed E-state index contributed by atoms with van der Waals surface area (Å²) in [6.45, 7) is 2.58. The summed E-state index contributed by atoms with van der Waals surface area (Å²) in [6, 6.07) is 5.01. The molecule has 0 aliphatic rings. The van der Waals surface area contributed by atoms with Gasteiger partial charge in [-0.3, -0.25) is 0 Å². The van der Waals surface area contributed by atoms with Gasteiger partial charge in [-0.1, -0.05) is 24.6 Å². The van der Waals surface area contributed by atoms with Crippen molar-refractivity contribution in [3.05, 3.63) is 41.2 Å². The van der Waals surface area contributed by atoms with Gasteiger partial charge < -0.3 is 5.32 Å². The van der Waals surface area contributed by atoms with Gasteiger partial charge in [0.05, 0.1) is 0 Å². The third-order valence-corrected chi connectivity index (χ3v) is 2.12. The highest BCUT2D eigenvalue weighted by atomic mass is 35.5. The molecule has 0 bridgehead atoms. The standard InChI is InChI=1S/C11H13ClFN/c1-2-9-8-10(4-5-11(9)13)14-7-3-6-12/h3-6,8,14H,2,7H2,1H3/b6-3+. The second-order valence-corrected chi connectivity index (χ2v) is 3.15. The Bertz CT molecular complexity index is 323. The number of benzene rings is 1. The minimum absolute atomic E-state index is 0.147. The highest BCUT2D eigenvalue weighted by molar-refractivity contribution is 6.25. The average Bonchev–Trinajstić information content (AvgIpc) is 2.21. The molecular weight excluding hydrogens is 201 g/mol. The van der Waals surface area contributed by atoms with E-state index < -0.39 is 0 Å². The van der Waals surface area contributed by atoms with Gasteiger partial charge in [-0.15, -0.1) is 0 Å². The van der Waals surface area contributed by atoms with E-state index in [1.807, 2.05) is 13.0 Å². The van der Waals surface area contributed by atoms with Crippen LogP contribution in [0.2, 0.25) is 0 Å². The molecule has 1 nitrogen and oxygen atoms in total. The first kappa shape index (κ1) is 11.1. The Balaban J connectivity index is 2.69. The second-order valence-electron chi connectivity index (χ2n) is 2.90. The van der Waals surface area contributed by atoms with Crippen molar-refractivity contribution in [2.45, 2.75) is 13.3 Å². The summed E-state index contributed by atoms with van der Waals surface area (Å²) in [4.78, 5) is 0. The van der Waals surface area contributed by atoms with Gasteiger partial charge in [0, 0.05) is 17.8 Å². The predicted octanol–water partition coefficient (Wildman–Crippen LogP) is 3.55. The SMILES string of the molecule is CCc1cc(NC/C=C/Cl)ccc1F. The summed E-state index contributed by atoms with van der Waals surface area (Å²) >= 11 is 5.37. The molecule has 0 radical (unpaired) electrons. The van der Waals surface area contributed by atoms with E-state index in [1.165, 1.54) is 11.6 Å². The van der Waals surface area contributed by atoms with Gasteiger partial charge in [-0.25, -0.2) is 4.39 Å². The molecule has 0 aliphatic heterocycles. The van der Waals surface area contributed by atoms with E-state index in [1.54, 1.807) is 12.1 Å². The van der Waals surface area contributed by atoms with Gasteiger partial charge in [-0.05, 0) is 30.2 Å². The van der Waals surface area contributed by atoms with Gasteiger partial charge in [0.15, 0.2) is 0 Å². The summed E-state index contributed by atoms with van der Waals surface area (Å²) in [5.41, 5.74) is 3.10. The molecule has 76 valence electrons. The zero-order chi connectivity index (χ0) is 10.4. The first-order valence-corrected chi connectivity index (χ1v) is 4.99. The Hall–Kier alpha value is -1.02. The van der Waals surface area contributed by atoms with E-state index >= 15 is 0 Å². The van der Waals surface area contributed by atoms with E-state index in [2.05, 4.69) is 5.32 Å². The fraction of sp³-hybridized carbons (Fsp3) is 0.273. The first-order chi connectivity index (χ1) is 6.77. The van der Waals surface area contributed by atoms with Crippen molar-refractivity contribution < 1.29 is 4.39 Å². The van der Waals surface area contributed by atoms with Crippen molar-refractivity contribution in [1.29, 1.82) is 0 Å². The lowest BCUT2D eigenvalue weighted by Crippen LogP contribution is -1.99. The van der Waals surface area contributed by atoms with Crippen molar-refractivity contribution in [3.8, 4) is 0 Å². The Morgan fingerprint density at radius 1 is 1.50 bits per heavy atom. The normalized spacial score (nSPS) is 10.8. The van der Waals surface area contributed by atoms with Crippen LogP contribution in [0.4, 0.5) is 10.1 Å². The molecule has 0 saturated heterocycles. The van der Waals surface area contributed by atoms with E-state index in [-0.39, 0.29) is 5.82 Å². The molecule has 1 N–H and O–H groups in total. The number of anilines is 1. The predicted molar refractivity (Wildman–Crippen MR) is 59.3 cm³/mol. The van der Waals surface area contributed by atoms with Crippen LogP contribution >= 0.6 is 11.6 Å². The first-order valence-electron chi connectivity index (χ1n) is 4.55. The molecule has 0 aromatic heterocycles. The number of hydrogen-bond donors (Lipinski definition) is 1. The molecular formula is C11H13ClFN. The summed E-state index contributed by atoms with van der Waals surface area (Å²) in [6.07, 6.45) is 2.49. The third kappa shape index (κ3) is 3.04. The van der Waals surface area contributed by atoms with Crippen LogP contribution in [0, 0.1) is 5.82 Å². The molecule has 3 heteroatoms. The minimum Gasteiger partial charge on any atom is -0.382 e. The third-order valence-electron chi connectivity index (χ3n) is 1.94. The minimum atomic E-state index is -0.147. The van der Waals surface area contributed by atoms with Crippen LogP contribution in [-0.4, -0.2) is 6.54 Å². The van der Waals surface area contributed by atoms with Crippen LogP contribution in [0.3, 0.4) is 0 Å². The maximum Gasteiger partial charge on any atom is 0.126 e. The molecule has 1 aromatic rings. The van der Waals surface area contributed by atoms with Gasteiger partial charge in [-0.2, -0.15) is 0 Å². The van der Waals surface area contributed by atoms with Crippen LogP contribution < -0.4 is 5.32 Å². The molecule has 0 spiro atoms. The van der Waals surface area contributed by atoms with Crippen molar-refractivity contribution >= 4 is 17.3 Å². The Labute approximate surface area is 88.6 Å². The van der Waals surface area contributed by atoms with E-state index in [0.29, 0.717) is 13.0 Å². The van der Waals surface area contributed by atoms with Crippen molar-refractivity contribution in [2.75, 3.05) is 11.9 Å². The van der Waals surface area contributed by atoms with Crippen molar-refractivity contribution in [1.82, 2.24) is 0 Å². The number of halogens is 2. The zero-order valence-corrected chi connectivity index (χ0v) is 8.81. The smallest absolute Gasteiger partial charge is 0.126 e. The molecule has 1 rings (SSSR count). The molecule has 0 atom stereocenters. The van der Waals surface area contributed by atoms with Gasteiger partial charge >= 0.3 is 0 Å². The number of nitrogens with one attached hydrogen (secondary N) is 1. The molecule has 0 fully saturated rings. The average molecular weight is 214 g/mol. The summed E-state index contributed by atoms with van der Waals surface area (Å²) in [5, 5.41) is 3.11. The molecule has 0 aliphatic carbocycles. The van der Waals surface area contributed by atoms with Crippen molar-refractivity contribution in [2.24, 2.45) is 0 Å². The molecule has 0 amide bonds. The summed E-state index contributed by atoms with van der Waals surface area (Å²) in [5.74, 6) is -0.147. The molecule has 1 aromatic carbocycles. The largest absolute Gasteiger partial charge is 0.382 e. The number of hydrogen-bond acceptors (Lipinski definition) is 1. The van der Waals surface area contributed by atoms with Crippen LogP contribution in [0.25, 0.3) is 0 Å². The van der Waals surface area contributed by atoms with Crippen molar-refractivity contribution in [3.63, 3.8) is 0 Å². The molecule has 0 saturated carbocycles. The number of aryl methyl sites for hydroxylation is 1. The Morgan fingerprint density at radius 2 is 2.29 bits per heavy atom. The lowest BCUT2D eigenvalue weighted by Gasteiger charge is -2.06. The second kappa shape index (κ2) is 5.66. The quantitative estimate of drug-likeness (QED) is 0.807. The molecule has 0 unspecified atom stereocenters. The van der Waals surface area contributed by atoms with E-state index in [4.69, 9.17) is 11.6 Å². The summed E-state index contributed by atoms with van der Waals surface area (Å²) < 4.78 is 13.1. The molecule has 0 heterocycles. The fourth-order valence-electron chi connectivity index (χ4n) is 1.18. The van der Waals surface area contributed by atoms with Crippen LogP contribution in [-0.2, 0) is 6.42 Å². The molecule has 14 heavy (non-hydrogen) atoms. The monoisotopic (exact) mass is 213 g/mol. The summed E-state index contributed by atoms with van der Waals surface area (Å²) in [7, 11) is 0. The zero-order valence-electron chi connectivity index (χ0n) is 8.06. The Morgan fingerprint density at radius 3 is 2.93 bits per heavy atom. The van der Waals surface area contributed by atoms with Crippen LogP contribution in [0.5, 0.6) is 0 Å². The van der Waals surface area contributed by atoms with E-state index in [0.717, 1.165) is 11.3 Å². The van der Waals surface area contributed by atoms with Gasteiger partial charge in [0.2, 0.25) is 0 Å². The van der Waals surface area contributed by atoms with Gasteiger partial charge in [0.25, 0.3) is 0 Å². The lowest BCUT2D eigenvalue weighted by atomic mass is 10.1. The Kier molecular flexibility index (Phi) is 4.47. The van der Waals surface area contributed by atoms with Crippen LogP contribution in [0.15, 0.2) is 29.8 Å². The number of rotatable bonds is 4. The highest BCUT2D eigenvalue weighted by Gasteiger charge is 2.00. The fourth-order valence-corrected chi connectivity index (χ4v) is 1.27. The maximum absolute atomic E-state index is 13.1. The van der Waals surface area contributed by atoms with Gasteiger partial charge in [0.1, 0.15) is 5.82 Å². The van der Waals surface area contributed by atoms with E-state index in [9.17, 15) is 4.39 Å². The maximum atomic E-state index is 13.1.